The maximum Gasteiger partial charge on any atom is 0.248 e. The summed E-state index contributed by atoms with van der Waals surface area (Å²) in [7, 11) is 1.59. The lowest BCUT2D eigenvalue weighted by atomic mass is 10.2. The third kappa shape index (κ3) is 4.44. The van der Waals surface area contributed by atoms with Crippen molar-refractivity contribution in [3.8, 4) is 11.4 Å². The zero-order valence-electron chi connectivity index (χ0n) is 15.8. The predicted molar refractivity (Wildman–Crippen MR) is 125 cm³/mol. The summed E-state index contributed by atoms with van der Waals surface area (Å²) >= 11 is 6.90. The van der Waals surface area contributed by atoms with Gasteiger partial charge in [-0.25, -0.2) is 0 Å². The van der Waals surface area contributed by atoms with Crippen molar-refractivity contribution in [1.82, 2.24) is 15.0 Å². The number of hydrogen-bond acceptors (Lipinski definition) is 4. The third-order valence-electron chi connectivity index (χ3n) is 4.29. The Morgan fingerprint density at radius 3 is 2.57 bits per heavy atom. The van der Waals surface area contributed by atoms with Gasteiger partial charge in [0.2, 0.25) is 5.91 Å². The first-order valence-electron chi connectivity index (χ1n) is 8.98. The Hall–Kier alpha value is -2.97. The highest BCUT2D eigenvalue weighted by Crippen LogP contribution is 2.33. The van der Waals surface area contributed by atoms with Gasteiger partial charge >= 0.3 is 0 Å². The number of carbonyl (C=O) groups excluding carboxylic acids is 1. The molecule has 1 heterocycles. The average Bonchev–Trinajstić information content (AvgIpc) is 3.16. The molecule has 0 aliphatic carbocycles. The maximum absolute atomic E-state index is 12.4. The largest absolute Gasteiger partial charge is 0.495 e. The number of halogens is 2. The van der Waals surface area contributed by atoms with Gasteiger partial charge in [-0.1, -0.05) is 34.1 Å². The van der Waals surface area contributed by atoms with Crippen LogP contribution in [0.5, 0.6) is 5.75 Å². The standard InChI is InChI=1S/C22H16Br2N4O2/c1-30-22-14(11-15(23)12-18(22)24)7-10-21(29)25-16-8-9-19-20(13-16)27-28(26-19)17-5-3-2-4-6-17/h2-13H,1H3,(H,25,29). The lowest BCUT2D eigenvalue weighted by molar-refractivity contribution is -0.111. The molecule has 0 radical (unpaired) electrons. The number of nitrogens with one attached hydrogen (secondary N) is 1. The molecule has 3 aromatic carbocycles. The van der Waals surface area contributed by atoms with Crippen molar-refractivity contribution in [2.45, 2.75) is 0 Å². The first kappa shape index (κ1) is 20.3. The van der Waals surface area contributed by atoms with Crippen molar-refractivity contribution in [3.05, 3.63) is 81.2 Å². The van der Waals surface area contributed by atoms with Crippen molar-refractivity contribution in [2.24, 2.45) is 0 Å². The van der Waals surface area contributed by atoms with Crippen LogP contribution >= 0.6 is 31.9 Å². The zero-order chi connectivity index (χ0) is 21.1. The fourth-order valence-electron chi connectivity index (χ4n) is 2.94. The number of benzene rings is 3. The minimum absolute atomic E-state index is 0.261. The van der Waals surface area contributed by atoms with Crippen LogP contribution < -0.4 is 10.1 Å². The molecule has 4 rings (SSSR count). The minimum Gasteiger partial charge on any atom is -0.495 e. The molecule has 0 unspecified atom stereocenters. The van der Waals surface area contributed by atoms with E-state index in [1.54, 1.807) is 30.1 Å². The summed E-state index contributed by atoms with van der Waals surface area (Å²) in [5, 5.41) is 11.8. The first-order valence-corrected chi connectivity index (χ1v) is 10.6. The van der Waals surface area contributed by atoms with E-state index in [2.05, 4.69) is 47.4 Å². The van der Waals surface area contributed by atoms with Crippen LogP contribution in [0.15, 0.2) is 75.7 Å². The van der Waals surface area contributed by atoms with E-state index in [9.17, 15) is 4.79 Å². The Kier molecular flexibility index (Phi) is 5.96. The number of ether oxygens (including phenoxy) is 1. The lowest BCUT2D eigenvalue weighted by Gasteiger charge is -2.08. The Balaban J connectivity index is 1.53. The van der Waals surface area contributed by atoms with Crippen molar-refractivity contribution < 1.29 is 9.53 Å². The van der Waals surface area contributed by atoms with Crippen LogP contribution in [-0.2, 0) is 4.79 Å². The van der Waals surface area contributed by atoms with Gasteiger partial charge in [0, 0.05) is 21.8 Å². The summed E-state index contributed by atoms with van der Waals surface area (Å²) in [5.41, 5.74) is 3.72. The molecule has 0 atom stereocenters. The lowest BCUT2D eigenvalue weighted by Crippen LogP contribution is -2.07. The van der Waals surface area contributed by atoms with Gasteiger partial charge in [0.1, 0.15) is 16.8 Å². The van der Waals surface area contributed by atoms with E-state index in [1.165, 1.54) is 6.08 Å². The number of fused-ring (bicyclic) bond motifs is 1. The molecular formula is C22H16Br2N4O2. The Labute approximate surface area is 189 Å². The number of methoxy groups -OCH3 is 1. The Morgan fingerprint density at radius 1 is 1.03 bits per heavy atom. The summed E-state index contributed by atoms with van der Waals surface area (Å²) in [6.07, 6.45) is 3.16. The number of para-hydroxylation sites is 1. The summed E-state index contributed by atoms with van der Waals surface area (Å²) in [6.45, 7) is 0. The van der Waals surface area contributed by atoms with Gasteiger partial charge in [0.05, 0.1) is 17.3 Å². The highest BCUT2D eigenvalue weighted by molar-refractivity contribution is 9.11. The number of nitrogens with zero attached hydrogens (tertiary/aromatic N) is 3. The van der Waals surface area contributed by atoms with Gasteiger partial charge in [-0.05, 0) is 64.5 Å². The van der Waals surface area contributed by atoms with Crippen LogP contribution in [0.3, 0.4) is 0 Å². The normalized spacial score (nSPS) is 11.2. The van der Waals surface area contributed by atoms with E-state index >= 15 is 0 Å². The van der Waals surface area contributed by atoms with E-state index in [-0.39, 0.29) is 5.91 Å². The van der Waals surface area contributed by atoms with Crippen molar-refractivity contribution in [2.75, 3.05) is 12.4 Å². The molecule has 1 amide bonds. The second kappa shape index (κ2) is 8.81. The quantitative estimate of drug-likeness (QED) is 0.343. The maximum atomic E-state index is 12.4. The fourth-order valence-corrected chi connectivity index (χ4v) is 4.36. The molecule has 8 heteroatoms. The summed E-state index contributed by atoms with van der Waals surface area (Å²) in [4.78, 5) is 14.0. The number of anilines is 1. The first-order chi connectivity index (χ1) is 14.5. The van der Waals surface area contributed by atoms with Gasteiger partial charge in [0.15, 0.2) is 0 Å². The van der Waals surface area contributed by atoms with Gasteiger partial charge < -0.3 is 10.1 Å². The van der Waals surface area contributed by atoms with Crippen LogP contribution in [0.2, 0.25) is 0 Å². The van der Waals surface area contributed by atoms with Crippen LogP contribution in [0.4, 0.5) is 5.69 Å². The smallest absolute Gasteiger partial charge is 0.248 e. The molecule has 1 aromatic heterocycles. The van der Waals surface area contributed by atoms with Crippen molar-refractivity contribution in [1.29, 1.82) is 0 Å². The molecule has 0 aliphatic heterocycles. The zero-order valence-corrected chi connectivity index (χ0v) is 19.0. The van der Waals surface area contributed by atoms with Crippen molar-refractivity contribution in [3.63, 3.8) is 0 Å². The fraction of sp³-hybridized carbons (Fsp3) is 0.0455. The number of carbonyl (C=O) groups is 1. The number of rotatable bonds is 5. The highest BCUT2D eigenvalue weighted by Gasteiger charge is 2.09. The molecule has 4 aromatic rings. The Bertz CT molecular complexity index is 1250. The van der Waals surface area contributed by atoms with E-state index in [0.29, 0.717) is 17.0 Å². The highest BCUT2D eigenvalue weighted by atomic mass is 79.9. The molecule has 0 aliphatic rings. The van der Waals surface area contributed by atoms with Crippen LogP contribution in [0.1, 0.15) is 5.56 Å². The summed E-state index contributed by atoms with van der Waals surface area (Å²) in [5.74, 6) is 0.393. The average molecular weight is 528 g/mol. The van der Waals surface area contributed by atoms with Crippen LogP contribution in [0, 0.1) is 0 Å². The number of amides is 1. The minimum atomic E-state index is -0.261. The molecule has 0 bridgehead atoms. The van der Waals surface area contributed by atoms with Gasteiger partial charge in [-0.3, -0.25) is 4.79 Å². The predicted octanol–water partition coefficient (Wildman–Crippen LogP) is 5.61. The Morgan fingerprint density at radius 2 is 1.80 bits per heavy atom. The monoisotopic (exact) mass is 526 g/mol. The second-order valence-electron chi connectivity index (χ2n) is 6.36. The second-order valence-corrected chi connectivity index (χ2v) is 8.13. The van der Waals surface area contributed by atoms with Crippen molar-refractivity contribution >= 4 is 60.6 Å². The van der Waals surface area contributed by atoms with Gasteiger partial charge in [-0.2, -0.15) is 4.80 Å². The molecule has 1 N–H and O–H groups in total. The van der Waals surface area contributed by atoms with E-state index in [4.69, 9.17) is 4.74 Å². The van der Waals surface area contributed by atoms with Crippen LogP contribution in [-0.4, -0.2) is 28.0 Å². The third-order valence-corrected chi connectivity index (χ3v) is 5.34. The van der Waals surface area contributed by atoms with Crippen LogP contribution in [0.25, 0.3) is 22.8 Å². The summed E-state index contributed by atoms with van der Waals surface area (Å²) in [6, 6.07) is 18.8. The van der Waals surface area contributed by atoms with Gasteiger partial charge in [-0.15, -0.1) is 10.2 Å². The van der Waals surface area contributed by atoms with E-state index in [1.807, 2.05) is 48.5 Å². The molecule has 0 fully saturated rings. The molecule has 0 saturated heterocycles. The molecule has 6 nitrogen and oxygen atoms in total. The molecule has 30 heavy (non-hydrogen) atoms. The molecule has 150 valence electrons. The number of hydrogen-bond donors (Lipinski definition) is 1. The van der Waals surface area contributed by atoms with E-state index in [0.717, 1.165) is 25.7 Å². The molecular weight excluding hydrogens is 512 g/mol. The van der Waals surface area contributed by atoms with Gasteiger partial charge in [0.25, 0.3) is 0 Å². The topological polar surface area (TPSA) is 69.0 Å². The van der Waals surface area contributed by atoms with E-state index < -0.39 is 0 Å². The molecule has 0 saturated carbocycles. The summed E-state index contributed by atoms with van der Waals surface area (Å²) < 4.78 is 7.08. The SMILES string of the molecule is COc1c(Br)cc(Br)cc1C=CC(=O)Nc1ccc2nn(-c3ccccc3)nc2c1. The molecule has 0 spiro atoms. The number of aromatic nitrogens is 3.